The van der Waals surface area contributed by atoms with Crippen molar-refractivity contribution in [1.29, 1.82) is 0 Å². The second-order valence-electron chi connectivity index (χ2n) is 12.6. The third kappa shape index (κ3) is 10.7. The summed E-state index contributed by atoms with van der Waals surface area (Å²) in [5, 5.41) is 28.9. The molecule has 0 saturated carbocycles. The summed E-state index contributed by atoms with van der Waals surface area (Å²) < 4.78 is 0. The molecule has 4 aromatic heterocycles. The van der Waals surface area contributed by atoms with Crippen LogP contribution in [0.4, 0.5) is 17.5 Å². The minimum absolute atomic E-state index is 0.164. The maximum absolute atomic E-state index is 9.19. The van der Waals surface area contributed by atoms with Crippen molar-refractivity contribution in [2.75, 3.05) is 54.0 Å². The van der Waals surface area contributed by atoms with E-state index in [4.69, 9.17) is 39.9 Å². The molecule has 13 heteroatoms. The van der Waals surface area contributed by atoms with Crippen LogP contribution >= 0.6 is 34.8 Å². The second-order valence-corrected chi connectivity index (χ2v) is 13.7. The predicted octanol–water partition coefficient (Wildman–Crippen LogP) is 6.27. The molecule has 3 fully saturated rings. The number of hydrogen-bond acceptors (Lipinski definition) is 10. The van der Waals surface area contributed by atoms with Crippen molar-refractivity contribution in [3.63, 3.8) is 0 Å². The molecule has 0 aromatic carbocycles. The van der Waals surface area contributed by atoms with Gasteiger partial charge in [-0.05, 0) is 86.7 Å². The Morgan fingerprint density at radius 1 is 0.600 bits per heavy atom. The van der Waals surface area contributed by atoms with Crippen LogP contribution in [0.25, 0.3) is 6.08 Å². The number of hydrogen-bond donors (Lipinski definition) is 3. The molecular formula is C37H46Cl3N7O3. The van der Waals surface area contributed by atoms with E-state index in [0.717, 1.165) is 65.0 Å². The summed E-state index contributed by atoms with van der Waals surface area (Å²) in [6.45, 7) is 17.9. The second kappa shape index (κ2) is 18.1. The van der Waals surface area contributed by atoms with Gasteiger partial charge in [0.15, 0.2) is 0 Å². The Balaban J connectivity index is 0.000000152. The van der Waals surface area contributed by atoms with Crippen molar-refractivity contribution in [3.8, 4) is 0 Å². The molecule has 3 N–H and O–H groups in total. The number of rotatable bonds is 5. The van der Waals surface area contributed by atoms with Gasteiger partial charge < -0.3 is 30.0 Å². The Labute approximate surface area is 310 Å². The quantitative estimate of drug-likeness (QED) is 0.202. The predicted molar refractivity (Wildman–Crippen MR) is 205 cm³/mol. The zero-order valence-corrected chi connectivity index (χ0v) is 31.5. The molecule has 0 aliphatic carbocycles. The number of β-amino-alcohol motifs (C(OH)–C–C–N with tert-alkyl or cyclic N) is 3. The maximum Gasteiger partial charge on any atom is 0.134 e. The SMILES string of the molecule is C=Cc1nc(N2CC(O)C2)ccc1C.CCc1nc(N2CC(O)C2)ccc1C.Cc1ccc(Cl)nc1Cl.Cc1ccc(N2CC(O)C2)nc1Cl. The van der Waals surface area contributed by atoms with Crippen LogP contribution in [-0.4, -0.2) is 92.8 Å². The fourth-order valence-corrected chi connectivity index (χ4v) is 5.58. The lowest BCUT2D eigenvalue weighted by Gasteiger charge is -2.37. The van der Waals surface area contributed by atoms with Crippen LogP contribution in [0.5, 0.6) is 0 Å². The largest absolute Gasteiger partial charge is 0.389 e. The molecule has 3 aliphatic rings. The highest BCUT2D eigenvalue weighted by Crippen LogP contribution is 2.23. The highest BCUT2D eigenvalue weighted by molar-refractivity contribution is 6.32. The molecular weight excluding hydrogens is 697 g/mol. The van der Waals surface area contributed by atoms with E-state index in [0.29, 0.717) is 41.6 Å². The lowest BCUT2D eigenvalue weighted by Crippen LogP contribution is -2.51. The van der Waals surface area contributed by atoms with E-state index in [1.165, 1.54) is 5.56 Å². The number of pyridine rings is 4. The van der Waals surface area contributed by atoms with Crippen molar-refractivity contribution in [2.24, 2.45) is 0 Å². The molecule has 0 radical (unpaired) electrons. The van der Waals surface area contributed by atoms with Gasteiger partial charge in [-0.25, -0.2) is 19.9 Å². The zero-order chi connectivity index (χ0) is 36.5. The smallest absolute Gasteiger partial charge is 0.134 e. The molecule has 10 nitrogen and oxygen atoms in total. The van der Waals surface area contributed by atoms with Crippen LogP contribution in [0.1, 0.15) is 40.6 Å². The fraction of sp³-hybridized carbons (Fsp3) is 0.405. The van der Waals surface area contributed by atoms with Gasteiger partial charge in [-0.1, -0.05) is 72.6 Å². The Hall–Kier alpha value is -3.51. The monoisotopic (exact) mass is 741 g/mol. The minimum atomic E-state index is -0.207. The number of aliphatic hydroxyl groups is 3. The van der Waals surface area contributed by atoms with Gasteiger partial charge in [0, 0.05) is 45.0 Å². The summed E-state index contributed by atoms with van der Waals surface area (Å²) in [7, 11) is 0. The van der Waals surface area contributed by atoms with E-state index >= 15 is 0 Å². The van der Waals surface area contributed by atoms with Gasteiger partial charge in [0.05, 0.1) is 24.0 Å². The first-order valence-corrected chi connectivity index (χ1v) is 17.7. The van der Waals surface area contributed by atoms with Crippen LogP contribution < -0.4 is 14.7 Å². The Bertz CT molecular complexity index is 1740. The molecule has 0 bridgehead atoms. The first-order valence-electron chi connectivity index (χ1n) is 16.5. The molecule has 7 heterocycles. The van der Waals surface area contributed by atoms with E-state index in [2.05, 4.69) is 56.2 Å². The molecule has 50 heavy (non-hydrogen) atoms. The lowest BCUT2D eigenvalue weighted by molar-refractivity contribution is 0.141. The van der Waals surface area contributed by atoms with Gasteiger partial charge in [-0.15, -0.1) is 0 Å². The van der Waals surface area contributed by atoms with Gasteiger partial charge in [0.25, 0.3) is 0 Å². The number of aliphatic hydroxyl groups excluding tert-OH is 3. The molecule has 0 spiro atoms. The number of nitrogens with zero attached hydrogens (tertiary/aromatic N) is 7. The van der Waals surface area contributed by atoms with Crippen LogP contribution in [0.2, 0.25) is 15.5 Å². The average Bonchev–Trinajstić information content (AvgIpc) is 3.05. The van der Waals surface area contributed by atoms with E-state index in [9.17, 15) is 10.2 Å². The summed E-state index contributed by atoms with van der Waals surface area (Å²) in [6.07, 6.45) is 2.17. The van der Waals surface area contributed by atoms with Crippen molar-refractivity contribution in [1.82, 2.24) is 19.9 Å². The number of halogens is 3. The van der Waals surface area contributed by atoms with Crippen LogP contribution in [-0.2, 0) is 6.42 Å². The maximum atomic E-state index is 9.19. The molecule has 0 unspecified atom stereocenters. The highest BCUT2D eigenvalue weighted by atomic mass is 35.5. The normalized spacial score (nSPS) is 15.6. The zero-order valence-electron chi connectivity index (χ0n) is 29.2. The topological polar surface area (TPSA) is 122 Å². The number of aryl methyl sites for hydroxylation is 5. The Kier molecular flexibility index (Phi) is 14.2. The van der Waals surface area contributed by atoms with Crippen molar-refractivity contribution in [3.05, 3.63) is 104 Å². The van der Waals surface area contributed by atoms with E-state index in [1.807, 2.05) is 62.1 Å². The van der Waals surface area contributed by atoms with Gasteiger partial charge in [0.2, 0.25) is 0 Å². The van der Waals surface area contributed by atoms with Crippen LogP contribution in [0, 0.1) is 27.7 Å². The van der Waals surface area contributed by atoms with E-state index in [-0.39, 0.29) is 18.3 Å². The summed E-state index contributed by atoms with van der Waals surface area (Å²) in [5.74, 6) is 2.77. The third-order valence-corrected chi connectivity index (χ3v) is 9.39. The van der Waals surface area contributed by atoms with Gasteiger partial charge in [0.1, 0.15) is 32.9 Å². The minimum Gasteiger partial charge on any atom is -0.389 e. The lowest BCUT2D eigenvalue weighted by atomic mass is 10.1. The van der Waals surface area contributed by atoms with Gasteiger partial charge >= 0.3 is 0 Å². The van der Waals surface area contributed by atoms with E-state index < -0.39 is 0 Å². The standard InChI is InChI=1S/C11H16N2O.C11H14N2O.C9H11ClN2O.C6H5Cl2N/c2*1-3-10-8(2)4-5-11(12-10)13-6-9(14)7-13;1-6-2-3-8(11-9(6)10)12-4-7(13)5-12;1-4-2-3-5(7)9-6(4)8/h4-5,9,14H,3,6-7H2,1-2H3;3-5,9,14H,1,6-7H2,2H3;2-3,7,13H,4-5H2,1H3;2-3H,1H3. The summed E-state index contributed by atoms with van der Waals surface area (Å²) in [4.78, 5) is 23.2. The summed E-state index contributed by atoms with van der Waals surface area (Å²) in [5.41, 5.74) is 6.38. The van der Waals surface area contributed by atoms with Gasteiger partial charge in [-0.3, -0.25) is 0 Å². The van der Waals surface area contributed by atoms with Gasteiger partial charge in [-0.2, -0.15) is 0 Å². The van der Waals surface area contributed by atoms with E-state index in [1.54, 1.807) is 12.1 Å². The molecule has 3 saturated heterocycles. The fourth-order valence-electron chi connectivity index (χ4n) is 5.09. The Morgan fingerprint density at radius 3 is 1.40 bits per heavy atom. The molecule has 0 atom stereocenters. The molecule has 4 aromatic rings. The van der Waals surface area contributed by atoms with Crippen LogP contribution in [0.3, 0.4) is 0 Å². The average molecular weight is 743 g/mol. The molecule has 7 rings (SSSR count). The number of aromatic nitrogens is 4. The first-order chi connectivity index (χ1) is 23.8. The summed E-state index contributed by atoms with van der Waals surface area (Å²) in [6, 6.07) is 15.5. The molecule has 3 aliphatic heterocycles. The van der Waals surface area contributed by atoms with Crippen molar-refractivity contribution >= 4 is 58.3 Å². The number of anilines is 3. The van der Waals surface area contributed by atoms with Crippen molar-refractivity contribution in [2.45, 2.75) is 59.4 Å². The van der Waals surface area contributed by atoms with Crippen molar-refractivity contribution < 1.29 is 15.3 Å². The third-order valence-electron chi connectivity index (χ3n) is 8.42. The highest BCUT2D eigenvalue weighted by Gasteiger charge is 2.27. The first kappa shape index (κ1) is 39.3. The molecule has 268 valence electrons. The molecule has 0 amide bonds. The summed E-state index contributed by atoms with van der Waals surface area (Å²) >= 11 is 17.0. The Morgan fingerprint density at radius 2 is 1.00 bits per heavy atom. The van der Waals surface area contributed by atoms with Crippen LogP contribution in [0.15, 0.2) is 55.1 Å².